The average molecular weight is 268 g/mol. The Hall–Kier alpha value is -0.940. The zero-order valence-corrected chi connectivity index (χ0v) is 11.4. The van der Waals surface area contributed by atoms with E-state index in [2.05, 4.69) is 18.3 Å². The van der Waals surface area contributed by atoms with Crippen LogP contribution in [0.5, 0.6) is 0 Å². The first-order valence-electron chi connectivity index (χ1n) is 5.68. The van der Waals surface area contributed by atoms with Gasteiger partial charge >= 0.3 is 0 Å². The maximum Gasteiger partial charge on any atom is 0.233 e. The molecule has 0 unspecified atom stereocenters. The van der Waals surface area contributed by atoms with Crippen LogP contribution < -0.4 is 11.1 Å². The Morgan fingerprint density at radius 1 is 1.59 bits per heavy atom. The van der Waals surface area contributed by atoms with E-state index >= 15 is 0 Å². The van der Waals surface area contributed by atoms with Gasteiger partial charge in [0.15, 0.2) is 0 Å². The third kappa shape index (κ3) is 2.35. The maximum atomic E-state index is 12.1. The summed E-state index contributed by atoms with van der Waals surface area (Å²) >= 11 is 6.71. The van der Waals surface area contributed by atoms with E-state index in [0.29, 0.717) is 11.5 Å². The summed E-state index contributed by atoms with van der Waals surface area (Å²) in [5.41, 5.74) is 5.11. The zero-order valence-electron chi connectivity index (χ0n) is 9.79. The Bertz CT molecular complexity index is 449. The van der Waals surface area contributed by atoms with Crippen LogP contribution >= 0.6 is 23.6 Å². The largest absolute Gasteiger partial charge is 0.392 e. The van der Waals surface area contributed by atoms with E-state index in [1.807, 2.05) is 6.07 Å². The molecule has 1 aliphatic carbocycles. The lowest BCUT2D eigenvalue weighted by Gasteiger charge is -2.39. The summed E-state index contributed by atoms with van der Waals surface area (Å²) in [5, 5.41) is 2.94. The van der Waals surface area contributed by atoms with Crippen LogP contribution in [0, 0.1) is 12.3 Å². The molecule has 1 aliphatic rings. The molecule has 1 aromatic rings. The monoisotopic (exact) mass is 268 g/mol. The molecular formula is C12H16N2OS2. The lowest BCUT2D eigenvalue weighted by molar-refractivity contribution is -0.130. The summed E-state index contributed by atoms with van der Waals surface area (Å²) in [6.07, 6.45) is 2.61. The Morgan fingerprint density at radius 3 is 2.71 bits per heavy atom. The lowest BCUT2D eigenvalue weighted by Crippen LogP contribution is -2.52. The van der Waals surface area contributed by atoms with Crippen molar-refractivity contribution >= 4 is 34.5 Å². The maximum absolute atomic E-state index is 12.1. The van der Waals surface area contributed by atoms with E-state index in [0.717, 1.165) is 24.1 Å². The van der Waals surface area contributed by atoms with E-state index < -0.39 is 5.41 Å². The van der Waals surface area contributed by atoms with E-state index in [-0.39, 0.29) is 5.91 Å². The van der Waals surface area contributed by atoms with Gasteiger partial charge in [-0.3, -0.25) is 4.79 Å². The topological polar surface area (TPSA) is 55.1 Å². The van der Waals surface area contributed by atoms with Crippen LogP contribution in [0.2, 0.25) is 0 Å². The first-order valence-corrected chi connectivity index (χ1v) is 6.90. The molecule has 2 rings (SSSR count). The number of nitrogens with one attached hydrogen (secondary N) is 1. The molecule has 0 aliphatic heterocycles. The highest BCUT2D eigenvalue weighted by atomic mass is 32.1. The predicted molar refractivity (Wildman–Crippen MR) is 74.0 cm³/mol. The average Bonchev–Trinajstić information content (AvgIpc) is 2.59. The summed E-state index contributed by atoms with van der Waals surface area (Å²) in [5.74, 6) is -0.0118. The smallest absolute Gasteiger partial charge is 0.233 e. The predicted octanol–water partition coefficient (Wildman–Crippen LogP) is 2.13. The van der Waals surface area contributed by atoms with Gasteiger partial charge in [0.05, 0.1) is 16.9 Å². The second kappa shape index (κ2) is 4.74. The van der Waals surface area contributed by atoms with Gasteiger partial charge in [0.2, 0.25) is 5.91 Å². The minimum atomic E-state index is -0.568. The summed E-state index contributed by atoms with van der Waals surface area (Å²) in [6.45, 7) is 2.63. The molecule has 1 amide bonds. The minimum absolute atomic E-state index is 0.0118. The molecule has 0 bridgehead atoms. The van der Waals surface area contributed by atoms with Crippen molar-refractivity contribution in [2.45, 2.75) is 32.7 Å². The molecule has 1 saturated carbocycles. The number of rotatable bonds is 4. The van der Waals surface area contributed by atoms with Crippen LogP contribution in [-0.4, -0.2) is 10.9 Å². The van der Waals surface area contributed by atoms with Crippen LogP contribution in [0.4, 0.5) is 0 Å². The third-order valence-electron chi connectivity index (χ3n) is 3.33. The second-order valence-corrected chi connectivity index (χ2v) is 6.31. The first kappa shape index (κ1) is 12.5. The number of thiophene rings is 1. The van der Waals surface area contributed by atoms with E-state index in [4.69, 9.17) is 18.0 Å². The molecule has 3 nitrogen and oxygen atoms in total. The number of carbonyl (C=O) groups excluding carboxylic acids is 1. The van der Waals surface area contributed by atoms with Crippen LogP contribution in [0.25, 0.3) is 0 Å². The highest BCUT2D eigenvalue weighted by Gasteiger charge is 2.46. The molecule has 0 saturated heterocycles. The molecule has 1 aromatic heterocycles. The van der Waals surface area contributed by atoms with E-state index in [1.165, 1.54) is 4.88 Å². The van der Waals surface area contributed by atoms with Gasteiger partial charge in [-0.25, -0.2) is 0 Å². The van der Waals surface area contributed by atoms with E-state index in [9.17, 15) is 4.79 Å². The van der Waals surface area contributed by atoms with Gasteiger partial charge in [0.25, 0.3) is 0 Å². The van der Waals surface area contributed by atoms with Crippen LogP contribution in [0.1, 0.15) is 29.0 Å². The molecule has 1 heterocycles. The normalized spacial score (nSPS) is 17.2. The van der Waals surface area contributed by atoms with Gasteiger partial charge in [-0.15, -0.1) is 11.3 Å². The van der Waals surface area contributed by atoms with E-state index in [1.54, 1.807) is 11.3 Å². The molecule has 0 radical (unpaired) electrons. The summed E-state index contributed by atoms with van der Waals surface area (Å²) in [6, 6.07) is 4.09. The molecular weight excluding hydrogens is 252 g/mol. The van der Waals surface area contributed by atoms with Crippen molar-refractivity contribution in [2.24, 2.45) is 11.1 Å². The van der Waals surface area contributed by atoms with Crippen molar-refractivity contribution in [3.8, 4) is 0 Å². The first-order chi connectivity index (χ1) is 8.04. The third-order valence-corrected chi connectivity index (χ3v) is 4.72. The Kier molecular flexibility index (Phi) is 3.49. The fourth-order valence-corrected chi connectivity index (χ4v) is 3.16. The summed E-state index contributed by atoms with van der Waals surface area (Å²) in [4.78, 5) is 14.8. The molecule has 1 fully saturated rings. The second-order valence-electron chi connectivity index (χ2n) is 4.49. The van der Waals surface area contributed by atoms with Crippen molar-refractivity contribution in [3.63, 3.8) is 0 Å². The van der Waals surface area contributed by atoms with Crippen molar-refractivity contribution in [1.82, 2.24) is 5.32 Å². The Morgan fingerprint density at radius 2 is 2.29 bits per heavy atom. The van der Waals surface area contributed by atoms with Gasteiger partial charge in [0.1, 0.15) is 0 Å². The molecule has 5 heteroatoms. The summed E-state index contributed by atoms with van der Waals surface area (Å²) < 4.78 is 0. The Labute approximate surface area is 110 Å². The number of hydrogen-bond acceptors (Lipinski definition) is 3. The fraction of sp³-hybridized carbons (Fsp3) is 0.500. The highest BCUT2D eigenvalue weighted by molar-refractivity contribution is 7.80. The number of hydrogen-bond donors (Lipinski definition) is 2. The molecule has 0 spiro atoms. The quantitative estimate of drug-likeness (QED) is 0.823. The highest BCUT2D eigenvalue weighted by Crippen LogP contribution is 2.41. The van der Waals surface area contributed by atoms with Gasteiger partial charge in [-0.05, 0) is 31.9 Å². The van der Waals surface area contributed by atoms with Crippen molar-refractivity contribution in [3.05, 3.63) is 21.9 Å². The van der Waals surface area contributed by atoms with Crippen molar-refractivity contribution in [2.75, 3.05) is 0 Å². The minimum Gasteiger partial charge on any atom is -0.392 e. The molecule has 3 N–H and O–H groups in total. The van der Waals surface area contributed by atoms with Gasteiger partial charge in [-0.2, -0.15) is 0 Å². The fourth-order valence-electron chi connectivity index (χ4n) is 2.03. The number of amides is 1. The lowest BCUT2D eigenvalue weighted by atomic mass is 9.68. The molecule has 0 aromatic carbocycles. The van der Waals surface area contributed by atoms with Gasteiger partial charge < -0.3 is 11.1 Å². The number of carbonyl (C=O) groups is 1. The molecule has 92 valence electrons. The van der Waals surface area contributed by atoms with Crippen LogP contribution in [0.3, 0.4) is 0 Å². The van der Waals surface area contributed by atoms with Gasteiger partial charge in [-0.1, -0.05) is 18.6 Å². The van der Waals surface area contributed by atoms with Crippen LogP contribution in [0.15, 0.2) is 12.1 Å². The van der Waals surface area contributed by atoms with Crippen molar-refractivity contribution < 1.29 is 4.79 Å². The van der Waals surface area contributed by atoms with Crippen LogP contribution in [-0.2, 0) is 11.3 Å². The summed E-state index contributed by atoms with van der Waals surface area (Å²) in [7, 11) is 0. The molecule has 0 atom stereocenters. The SMILES string of the molecule is Cc1ccc(CNC(=O)C2(C(N)=S)CCC2)s1. The van der Waals surface area contributed by atoms with Crippen molar-refractivity contribution in [1.29, 1.82) is 0 Å². The number of nitrogens with two attached hydrogens (primary N) is 1. The number of thiocarbonyl (C=S) groups is 1. The molecule has 17 heavy (non-hydrogen) atoms. The standard InChI is InChI=1S/C12H16N2OS2/c1-8-3-4-9(17-8)7-14-11(15)12(10(13)16)5-2-6-12/h3-4H,2,5-7H2,1H3,(H2,13,16)(H,14,15). The zero-order chi connectivity index (χ0) is 12.5. The van der Waals surface area contributed by atoms with Gasteiger partial charge in [0, 0.05) is 9.75 Å². The Balaban J connectivity index is 1.95. The number of aryl methyl sites for hydroxylation is 1.